The minimum absolute atomic E-state index is 0. The van der Waals surface area contributed by atoms with Gasteiger partial charge in [0, 0.05) is 13.1 Å². The molecular weight excluding hydrogens is 259 g/mol. The van der Waals surface area contributed by atoms with Crippen molar-refractivity contribution in [3.05, 3.63) is 22.3 Å². The van der Waals surface area contributed by atoms with Crippen molar-refractivity contribution >= 4 is 29.8 Å². The summed E-state index contributed by atoms with van der Waals surface area (Å²) < 4.78 is 0. The van der Waals surface area contributed by atoms with Crippen molar-refractivity contribution < 1.29 is 0 Å². The van der Waals surface area contributed by atoms with Crippen molar-refractivity contribution in [2.75, 3.05) is 18.0 Å². The zero-order chi connectivity index (χ0) is 11.5. The molecule has 0 N–H and O–H groups in total. The zero-order valence-corrected chi connectivity index (χ0v) is 10.6. The molecule has 88 valence electrons. The highest BCUT2D eigenvalue weighted by molar-refractivity contribution is 6.30. The number of hydrogen-bond donors (Lipinski definition) is 0. The first-order valence-corrected chi connectivity index (χ1v) is 5.39. The Morgan fingerprint density at radius 1 is 1.18 bits per heavy atom. The van der Waals surface area contributed by atoms with Crippen LogP contribution in [0.3, 0.4) is 0 Å². The highest BCUT2D eigenvalue weighted by Crippen LogP contribution is 2.26. The maximum Gasteiger partial charge on any atom is 0.149 e. The van der Waals surface area contributed by atoms with E-state index in [1.54, 1.807) is 0 Å². The second-order valence-corrected chi connectivity index (χ2v) is 3.97. The standard InChI is InChI=1S/C11H9ClN4.ClH/c12-10-8(6-13)5-9(7-14)11(15-10)16-3-1-2-4-16;/h5H,1-4H2;1H. The van der Waals surface area contributed by atoms with Crippen molar-refractivity contribution in [3.8, 4) is 12.1 Å². The summed E-state index contributed by atoms with van der Waals surface area (Å²) in [6.45, 7) is 1.79. The SMILES string of the molecule is Cl.N#Cc1cc(C#N)c(N2CCCC2)nc1Cl. The molecule has 17 heavy (non-hydrogen) atoms. The fourth-order valence-electron chi connectivity index (χ4n) is 1.81. The van der Waals surface area contributed by atoms with Gasteiger partial charge in [-0.15, -0.1) is 12.4 Å². The van der Waals surface area contributed by atoms with E-state index >= 15 is 0 Å². The summed E-state index contributed by atoms with van der Waals surface area (Å²) in [7, 11) is 0. The van der Waals surface area contributed by atoms with E-state index in [1.807, 2.05) is 11.0 Å². The number of pyridine rings is 1. The average molecular weight is 269 g/mol. The molecule has 1 aliphatic rings. The van der Waals surface area contributed by atoms with Gasteiger partial charge in [-0.05, 0) is 18.9 Å². The third-order valence-corrected chi connectivity index (χ3v) is 2.89. The Morgan fingerprint density at radius 2 is 1.76 bits per heavy atom. The summed E-state index contributed by atoms with van der Waals surface area (Å²) in [5.74, 6) is 0.601. The lowest BCUT2D eigenvalue weighted by Crippen LogP contribution is -2.20. The predicted octanol–water partition coefficient (Wildman–Crippen LogP) is 2.50. The summed E-state index contributed by atoms with van der Waals surface area (Å²) in [4.78, 5) is 6.18. The van der Waals surface area contributed by atoms with Crippen molar-refractivity contribution in [1.82, 2.24) is 4.98 Å². The minimum atomic E-state index is 0. The molecule has 0 aromatic carbocycles. The van der Waals surface area contributed by atoms with E-state index in [-0.39, 0.29) is 23.1 Å². The number of nitrogens with zero attached hydrogens (tertiary/aromatic N) is 4. The molecule has 0 aliphatic carbocycles. The fourth-order valence-corrected chi connectivity index (χ4v) is 1.99. The Balaban J connectivity index is 0.00000144. The van der Waals surface area contributed by atoms with Gasteiger partial charge in [0.05, 0.1) is 11.1 Å². The van der Waals surface area contributed by atoms with Gasteiger partial charge in [0.15, 0.2) is 0 Å². The van der Waals surface area contributed by atoms with Crippen LogP contribution in [-0.4, -0.2) is 18.1 Å². The molecule has 6 heteroatoms. The van der Waals surface area contributed by atoms with Crippen LogP contribution in [0.25, 0.3) is 0 Å². The average Bonchev–Trinajstić information content (AvgIpc) is 2.82. The molecule has 1 aromatic heterocycles. The van der Waals surface area contributed by atoms with Crippen molar-refractivity contribution in [1.29, 1.82) is 10.5 Å². The molecule has 0 bridgehead atoms. The normalized spacial score (nSPS) is 13.7. The molecule has 1 aliphatic heterocycles. The monoisotopic (exact) mass is 268 g/mol. The summed E-state index contributed by atoms with van der Waals surface area (Å²) in [5.41, 5.74) is 0.670. The summed E-state index contributed by atoms with van der Waals surface area (Å²) >= 11 is 5.87. The molecule has 1 saturated heterocycles. The van der Waals surface area contributed by atoms with Gasteiger partial charge in [-0.1, -0.05) is 11.6 Å². The second-order valence-electron chi connectivity index (χ2n) is 3.62. The number of hydrogen-bond acceptors (Lipinski definition) is 4. The van der Waals surface area contributed by atoms with E-state index < -0.39 is 0 Å². The van der Waals surface area contributed by atoms with E-state index in [4.69, 9.17) is 22.1 Å². The van der Waals surface area contributed by atoms with Gasteiger partial charge in [-0.25, -0.2) is 4.98 Å². The van der Waals surface area contributed by atoms with E-state index in [0.717, 1.165) is 25.9 Å². The zero-order valence-electron chi connectivity index (χ0n) is 8.98. The molecule has 0 amide bonds. The summed E-state index contributed by atoms with van der Waals surface area (Å²) in [6, 6.07) is 5.49. The first-order chi connectivity index (χ1) is 7.76. The number of halogens is 2. The first kappa shape index (κ1) is 13.6. The summed E-state index contributed by atoms with van der Waals surface area (Å²) in [6.07, 6.45) is 2.20. The molecule has 2 heterocycles. The second kappa shape index (κ2) is 5.72. The quantitative estimate of drug-likeness (QED) is 0.735. The lowest BCUT2D eigenvalue weighted by atomic mass is 10.2. The minimum Gasteiger partial charge on any atom is -0.355 e. The maximum absolute atomic E-state index is 9.02. The number of anilines is 1. The van der Waals surface area contributed by atoms with Crippen LogP contribution in [0.15, 0.2) is 6.07 Å². The van der Waals surface area contributed by atoms with Crippen LogP contribution in [-0.2, 0) is 0 Å². The van der Waals surface area contributed by atoms with Crippen LogP contribution in [0.4, 0.5) is 5.82 Å². The third-order valence-electron chi connectivity index (χ3n) is 2.60. The lowest BCUT2D eigenvalue weighted by Gasteiger charge is -2.17. The highest BCUT2D eigenvalue weighted by atomic mass is 35.5. The van der Waals surface area contributed by atoms with E-state index in [9.17, 15) is 0 Å². The number of rotatable bonds is 1. The van der Waals surface area contributed by atoms with Crippen LogP contribution < -0.4 is 4.90 Å². The predicted molar refractivity (Wildman–Crippen MR) is 67.4 cm³/mol. The van der Waals surface area contributed by atoms with Crippen LogP contribution in [0.1, 0.15) is 24.0 Å². The molecule has 0 saturated carbocycles. The van der Waals surface area contributed by atoms with E-state index in [1.165, 1.54) is 6.07 Å². The Hall–Kier alpha value is -1.49. The molecule has 0 radical (unpaired) electrons. The number of nitriles is 2. The Morgan fingerprint density at radius 3 is 2.29 bits per heavy atom. The molecule has 0 atom stereocenters. The van der Waals surface area contributed by atoms with E-state index in [2.05, 4.69) is 11.1 Å². The molecule has 1 fully saturated rings. The summed E-state index contributed by atoms with van der Waals surface area (Å²) in [5, 5.41) is 18.0. The largest absolute Gasteiger partial charge is 0.355 e. The highest BCUT2D eigenvalue weighted by Gasteiger charge is 2.19. The third kappa shape index (κ3) is 2.61. The Kier molecular flexibility index (Phi) is 4.57. The Labute approximate surface area is 111 Å². The number of aromatic nitrogens is 1. The molecule has 0 spiro atoms. The van der Waals surface area contributed by atoms with E-state index in [0.29, 0.717) is 11.4 Å². The van der Waals surface area contributed by atoms with Gasteiger partial charge in [0.25, 0.3) is 0 Å². The van der Waals surface area contributed by atoms with Crippen LogP contribution >= 0.6 is 24.0 Å². The topological polar surface area (TPSA) is 63.7 Å². The molecular formula is C11H10Cl2N4. The molecule has 1 aromatic rings. The van der Waals surface area contributed by atoms with Crippen molar-refractivity contribution in [3.63, 3.8) is 0 Å². The van der Waals surface area contributed by atoms with Gasteiger partial charge >= 0.3 is 0 Å². The van der Waals surface area contributed by atoms with Gasteiger partial charge in [0.2, 0.25) is 0 Å². The smallest absolute Gasteiger partial charge is 0.149 e. The van der Waals surface area contributed by atoms with Gasteiger partial charge in [-0.2, -0.15) is 10.5 Å². The van der Waals surface area contributed by atoms with Gasteiger partial charge in [-0.3, -0.25) is 0 Å². The fraction of sp³-hybridized carbons (Fsp3) is 0.364. The molecule has 0 unspecified atom stereocenters. The Bertz CT molecular complexity index is 495. The first-order valence-electron chi connectivity index (χ1n) is 5.02. The van der Waals surface area contributed by atoms with Gasteiger partial charge < -0.3 is 4.90 Å². The molecule has 4 nitrogen and oxygen atoms in total. The maximum atomic E-state index is 9.02. The lowest BCUT2D eigenvalue weighted by molar-refractivity contribution is 0.933. The van der Waals surface area contributed by atoms with Crippen molar-refractivity contribution in [2.45, 2.75) is 12.8 Å². The van der Waals surface area contributed by atoms with Crippen molar-refractivity contribution in [2.24, 2.45) is 0 Å². The molecule has 2 rings (SSSR count). The van der Waals surface area contributed by atoms with Crippen LogP contribution in [0.2, 0.25) is 5.15 Å². The van der Waals surface area contributed by atoms with Gasteiger partial charge in [0.1, 0.15) is 23.1 Å². The van der Waals surface area contributed by atoms with Crippen LogP contribution in [0, 0.1) is 22.7 Å². The van der Waals surface area contributed by atoms with Crippen LogP contribution in [0.5, 0.6) is 0 Å².